The van der Waals surface area contributed by atoms with Crippen LogP contribution in [-0.4, -0.2) is 22.0 Å². The molecule has 1 aromatic carbocycles. The van der Waals surface area contributed by atoms with E-state index in [2.05, 4.69) is 4.99 Å². The first-order valence-corrected chi connectivity index (χ1v) is 4.67. The Labute approximate surface area is 87.7 Å². The van der Waals surface area contributed by atoms with Gasteiger partial charge in [-0.3, -0.25) is 0 Å². The van der Waals surface area contributed by atoms with Crippen LogP contribution in [0.1, 0.15) is 0 Å². The second-order valence-corrected chi connectivity index (χ2v) is 3.21. The summed E-state index contributed by atoms with van der Waals surface area (Å²) in [5.74, 6) is 0.00820. The quantitative estimate of drug-likeness (QED) is 0.731. The highest BCUT2D eigenvalue weighted by Gasteiger charge is 2.16. The van der Waals surface area contributed by atoms with Crippen molar-refractivity contribution >= 4 is 11.4 Å². The summed E-state index contributed by atoms with van der Waals surface area (Å²) in [6.45, 7) is 0. The maximum Gasteiger partial charge on any atom is 0.140 e. The summed E-state index contributed by atoms with van der Waals surface area (Å²) < 4.78 is 0. The van der Waals surface area contributed by atoms with E-state index in [1.807, 2.05) is 30.3 Å². The molecule has 0 aromatic heterocycles. The molecular weight excluding hydrogens is 190 g/mol. The van der Waals surface area contributed by atoms with E-state index in [0.717, 1.165) is 0 Å². The smallest absolute Gasteiger partial charge is 0.140 e. The molecule has 0 aliphatic heterocycles. The number of rotatable bonds is 1. The SMILES string of the molecule is OC1=CC=CC(O)C1=Nc1ccccc1. The van der Waals surface area contributed by atoms with E-state index in [4.69, 9.17) is 0 Å². The molecule has 0 amide bonds. The van der Waals surface area contributed by atoms with Crippen LogP contribution in [0.3, 0.4) is 0 Å². The minimum Gasteiger partial charge on any atom is -0.506 e. The molecule has 0 radical (unpaired) electrons. The molecule has 15 heavy (non-hydrogen) atoms. The van der Waals surface area contributed by atoms with Crippen molar-refractivity contribution in [2.24, 2.45) is 4.99 Å². The number of aliphatic hydroxyl groups excluding tert-OH is 2. The first-order valence-electron chi connectivity index (χ1n) is 4.67. The van der Waals surface area contributed by atoms with Gasteiger partial charge in [-0.05, 0) is 24.3 Å². The summed E-state index contributed by atoms with van der Waals surface area (Å²) in [7, 11) is 0. The maximum absolute atomic E-state index is 9.58. The van der Waals surface area contributed by atoms with Crippen LogP contribution in [-0.2, 0) is 0 Å². The normalized spacial score (nSPS) is 22.9. The summed E-state index contributed by atoms with van der Waals surface area (Å²) in [6.07, 6.45) is 3.84. The lowest BCUT2D eigenvalue weighted by molar-refractivity contribution is 0.281. The van der Waals surface area contributed by atoms with Gasteiger partial charge in [0.25, 0.3) is 0 Å². The molecule has 0 saturated carbocycles. The molecule has 1 aliphatic carbocycles. The Hall–Kier alpha value is -1.87. The Bertz CT molecular complexity index is 432. The van der Waals surface area contributed by atoms with Crippen molar-refractivity contribution in [1.82, 2.24) is 0 Å². The fraction of sp³-hybridized carbons (Fsp3) is 0.0833. The van der Waals surface area contributed by atoms with Gasteiger partial charge < -0.3 is 10.2 Å². The third-order valence-corrected chi connectivity index (χ3v) is 2.10. The molecule has 2 rings (SSSR count). The average Bonchev–Trinajstić information content (AvgIpc) is 2.25. The number of hydrogen-bond acceptors (Lipinski definition) is 3. The van der Waals surface area contributed by atoms with Crippen molar-refractivity contribution in [2.75, 3.05) is 0 Å². The molecule has 1 aromatic rings. The molecule has 0 fully saturated rings. The molecule has 0 saturated heterocycles. The van der Waals surface area contributed by atoms with Gasteiger partial charge >= 0.3 is 0 Å². The van der Waals surface area contributed by atoms with E-state index in [0.29, 0.717) is 5.69 Å². The van der Waals surface area contributed by atoms with Gasteiger partial charge in [-0.1, -0.05) is 24.3 Å². The molecule has 3 nitrogen and oxygen atoms in total. The molecule has 1 atom stereocenters. The third kappa shape index (κ3) is 2.14. The Morgan fingerprint density at radius 1 is 1.13 bits per heavy atom. The van der Waals surface area contributed by atoms with Gasteiger partial charge in [0.15, 0.2) is 0 Å². The molecule has 0 bridgehead atoms. The number of hydrogen-bond donors (Lipinski definition) is 2. The lowest BCUT2D eigenvalue weighted by atomic mass is 10.1. The Kier molecular flexibility index (Phi) is 2.65. The largest absolute Gasteiger partial charge is 0.506 e. The number of aliphatic hydroxyl groups is 2. The van der Waals surface area contributed by atoms with Crippen molar-refractivity contribution in [1.29, 1.82) is 0 Å². The van der Waals surface area contributed by atoms with Gasteiger partial charge in [0.2, 0.25) is 0 Å². The highest BCUT2D eigenvalue weighted by molar-refractivity contribution is 6.05. The molecule has 1 aliphatic rings. The van der Waals surface area contributed by atoms with Gasteiger partial charge in [0.05, 0.1) is 5.69 Å². The summed E-state index contributed by atoms with van der Waals surface area (Å²) >= 11 is 0. The van der Waals surface area contributed by atoms with E-state index < -0.39 is 6.10 Å². The van der Waals surface area contributed by atoms with Crippen molar-refractivity contribution < 1.29 is 10.2 Å². The molecule has 1 unspecified atom stereocenters. The zero-order valence-corrected chi connectivity index (χ0v) is 8.04. The summed E-state index contributed by atoms with van der Waals surface area (Å²) in [5, 5.41) is 19.1. The van der Waals surface area contributed by atoms with Gasteiger partial charge in [0, 0.05) is 0 Å². The van der Waals surface area contributed by atoms with Gasteiger partial charge in [-0.15, -0.1) is 0 Å². The topological polar surface area (TPSA) is 52.8 Å². The number of para-hydroxylation sites is 1. The highest BCUT2D eigenvalue weighted by Crippen LogP contribution is 2.16. The van der Waals surface area contributed by atoms with E-state index in [1.165, 1.54) is 6.08 Å². The van der Waals surface area contributed by atoms with Crippen LogP contribution in [0.4, 0.5) is 5.69 Å². The van der Waals surface area contributed by atoms with Crippen molar-refractivity contribution in [3.8, 4) is 0 Å². The van der Waals surface area contributed by atoms with Gasteiger partial charge in [-0.2, -0.15) is 0 Å². The van der Waals surface area contributed by atoms with Crippen LogP contribution < -0.4 is 0 Å². The highest BCUT2D eigenvalue weighted by atomic mass is 16.3. The maximum atomic E-state index is 9.58. The summed E-state index contributed by atoms with van der Waals surface area (Å²) in [5.41, 5.74) is 0.991. The van der Waals surface area contributed by atoms with E-state index in [-0.39, 0.29) is 11.5 Å². The second-order valence-electron chi connectivity index (χ2n) is 3.21. The van der Waals surface area contributed by atoms with E-state index >= 15 is 0 Å². The van der Waals surface area contributed by atoms with Crippen LogP contribution >= 0.6 is 0 Å². The number of benzene rings is 1. The van der Waals surface area contributed by atoms with Crippen LogP contribution in [0.25, 0.3) is 0 Å². The fourth-order valence-corrected chi connectivity index (χ4v) is 1.35. The number of allylic oxidation sites excluding steroid dienone is 2. The van der Waals surface area contributed by atoms with Gasteiger partial charge in [-0.25, -0.2) is 4.99 Å². The Morgan fingerprint density at radius 3 is 2.53 bits per heavy atom. The third-order valence-electron chi connectivity index (χ3n) is 2.10. The number of aliphatic imine (C=N–C) groups is 1. The van der Waals surface area contributed by atoms with Crippen LogP contribution in [0.15, 0.2) is 59.3 Å². The summed E-state index contributed by atoms with van der Waals surface area (Å²) in [4.78, 5) is 4.18. The standard InChI is InChI=1S/C12H11NO2/c14-10-7-4-8-11(15)12(10)13-9-5-2-1-3-6-9/h1-8,10,14-15H. The molecule has 3 heteroatoms. The molecule has 2 N–H and O–H groups in total. The zero-order valence-electron chi connectivity index (χ0n) is 8.04. The fourth-order valence-electron chi connectivity index (χ4n) is 1.35. The van der Waals surface area contributed by atoms with E-state index in [9.17, 15) is 10.2 Å². The second kappa shape index (κ2) is 4.11. The van der Waals surface area contributed by atoms with Crippen LogP contribution in [0, 0.1) is 0 Å². The monoisotopic (exact) mass is 201 g/mol. The van der Waals surface area contributed by atoms with E-state index in [1.54, 1.807) is 12.2 Å². The van der Waals surface area contributed by atoms with Crippen LogP contribution in [0.2, 0.25) is 0 Å². The van der Waals surface area contributed by atoms with Gasteiger partial charge in [0.1, 0.15) is 17.6 Å². The molecular formula is C12H11NO2. The lowest BCUT2D eigenvalue weighted by Gasteiger charge is -2.12. The van der Waals surface area contributed by atoms with Crippen LogP contribution in [0.5, 0.6) is 0 Å². The van der Waals surface area contributed by atoms with Crippen molar-refractivity contribution in [3.05, 3.63) is 54.3 Å². The first-order chi connectivity index (χ1) is 7.27. The zero-order chi connectivity index (χ0) is 10.7. The number of nitrogens with zero attached hydrogens (tertiary/aromatic N) is 1. The molecule has 0 spiro atoms. The molecule has 0 heterocycles. The van der Waals surface area contributed by atoms with Crippen molar-refractivity contribution in [3.63, 3.8) is 0 Å². The van der Waals surface area contributed by atoms with Crippen molar-refractivity contribution in [2.45, 2.75) is 6.10 Å². The first kappa shape index (κ1) is 9.68. The predicted octanol–water partition coefficient (Wildman–Crippen LogP) is 2.13. The predicted molar refractivity (Wildman–Crippen MR) is 59.4 cm³/mol. The molecule has 76 valence electrons. The average molecular weight is 201 g/mol. The Morgan fingerprint density at radius 2 is 1.87 bits per heavy atom. The minimum atomic E-state index is -0.838. The Balaban J connectivity index is 2.35. The summed E-state index contributed by atoms with van der Waals surface area (Å²) in [6, 6.07) is 9.21. The lowest BCUT2D eigenvalue weighted by Crippen LogP contribution is -2.22. The minimum absolute atomic E-state index is 0.00820.